The molecule has 0 aliphatic carbocycles. The first-order valence-corrected chi connectivity index (χ1v) is 10.3. The van der Waals surface area contributed by atoms with Crippen molar-refractivity contribution in [2.75, 3.05) is 27.9 Å². The number of carbonyl (C=O) groups is 3. The van der Waals surface area contributed by atoms with Crippen molar-refractivity contribution in [1.29, 1.82) is 0 Å². The molecule has 28 heavy (non-hydrogen) atoms. The summed E-state index contributed by atoms with van der Waals surface area (Å²) in [6.45, 7) is 2.47. The number of unbranched alkanes of at least 4 members (excludes halogenated alkanes) is 9. The minimum atomic E-state index is -1.71. The molecular weight excluding hydrogens is 364 g/mol. The molecule has 0 aliphatic heterocycles. The lowest BCUT2D eigenvalue weighted by Crippen LogP contribution is -2.47. The lowest BCUT2D eigenvalue weighted by Gasteiger charge is -2.29. The van der Waals surface area contributed by atoms with E-state index in [1.54, 1.807) is 0 Å². The van der Waals surface area contributed by atoms with E-state index in [4.69, 9.17) is 9.47 Å². The van der Waals surface area contributed by atoms with Gasteiger partial charge in [0.15, 0.2) is 5.60 Å². The van der Waals surface area contributed by atoms with Gasteiger partial charge in [-0.2, -0.15) is 0 Å². The molecule has 0 atom stereocenters. The summed E-state index contributed by atoms with van der Waals surface area (Å²) in [5.74, 6) is -2.09. The van der Waals surface area contributed by atoms with Crippen LogP contribution in [0.5, 0.6) is 0 Å². The minimum absolute atomic E-state index is 0.250. The van der Waals surface area contributed by atoms with Gasteiger partial charge in [0.1, 0.15) is 0 Å². The van der Waals surface area contributed by atoms with E-state index in [0.717, 1.165) is 19.3 Å². The standard InChI is InChI=1S/C21H38O7/c1-5-6-7-8-9-10-11-12-13-14-15-28-21(20(24)27-4,16-18(22)25-2)17-19(23)26-3/h5-17H2,1-4H3. The van der Waals surface area contributed by atoms with E-state index in [9.17, 15) is 14.4 Å². The van der Waals surface area contributed by atoms with E-state index < -0.39 is 36.4 Å². The molecule has 0 saturated heterocycles. The SMILES string of the molecule is CCCCCCCCCCCCOC(CC(=O)OC)(CC(=O)OC)C(=O)OC. The predicted molar refractivity (Wildman–Crippen MR) is 106 cm³/mol. The number of methoxy groups -OCH3 is 3. The molecule has 0 N–H and O–H groups in total. The molecule has 0 heterocycles. The molecule has 0 aromatic heterocycles. The maximum Gasteiger partial charge on any atom is 0.339 e. The average molecular weight is 403 g/mol. The van der Waals surface area contributed by atoms with Gasteiger partial charge in [-0.15, -0.1) is 0 Å². The Bertz CT molecular complexity index is 430. The van der Waals surface area contributed by atoms with Gasteiger partial charge in [-0.25, -0.2) is 4.79 Å². The van der Waals surface area contributed by atoms with Gasteiger partial charge in [0, 0.05) is 6.61 Å². The highest BCUT2D eigenvalue weighted by atomic mass is 16.6. The molecule has 0 radical (unpaired) electrons. The molecule has 0 amide bonds. The second-order valence-electron chi connectivity index (χ2n) is 7.02. The lowest BCUT2D eigenvalue weighted by atomic mass is 9.95. The van der Waals surface area contributed by atoms with E-state index in [1.807, 2.05) is 0 Å². The predicted octanol–water partition coefficient (Wildman–Crippen LogP) is 3.96. The quantitative estimate of drug-likeness (QED) is 0.207. The Hall–Kier alpha value is -1.63. The first kappa shape index (κ1) is 26.4. The number of esters is 3. The summed E-state index contributed by atoms with van der Waals surface area (Å²) < 4.78 is 19.8. The van der Waals surface area contributed by atoms with Crippen molar-refractivity contribution in [2.45, 2.75) is 89.6 Å². The molecule has 0 fully saturated rings. The third kappa shape index (κ3) is 11.3. The number of ether oxygens (including phenoxy) is 4. The van der Waals surface area contributed by atoms with Crippen LogP contribution < -0.4 is 0 Å². The molecule has 164 valence electrons. The first-order chi connectivity index (χ1) is 13.5. The molecule has 7 heteroatoms. The Morgan fingerprint density at radius 2 is 1.07 bits per heavy atom. The lowest BCUT2D eigenvalue weighted by molar-refractivity contribution is -0.182. The molecule has 0 spiro atoms. The topological polar surface area (TPSA) is 88.1 Å². The Morgan fingerprint density at radius 3 is 1.46 bits per heavy atom. The van der Waals surface area contributed by atoms with E-state index >= 15 is 0 Å². The third-order valence-electron chi connectivity index (χ3n) is 4.75. The summed E-state index contributed by atoms with van der Waals surface area (Å²) in [6, 6.07) is 0. The molecule has 7 nitrogen and oxygen atoms in total. The van der Waals surface area contributed by atoms with Crippen LogP contribution in [0, 0.1) is 0 Å². The van der Waals surface area contributed by atoms with E-state index in [1.165, 1.54) is 66.3 Å². The van der Waals surface area contributed by atoms with Gasteiger partial charge in [0.2, 0.25) is 0 Å². The Morgan fingerprint density at radius 1 is 0.643 bits per heavy atom. The summed E-state index contributed by atoms with van der Waals surface area (Å²) >= 11 is 0. The van der Waals surface area contributed by atoms with Gasteiger partial charge in [-0.1, -0.05) is 64.7 Å². The van der Waals surface area contributed by atoms with E-state index in [-0.39, 0.29) is 6.61 Å². The number of hydrogen-bond donors (Lipinski definition) is 0. The Labute approximate surface area is 169 Å². The van der Waals surface area contributed by atoms with Crippen LogP contribution >= 0.6 is 0 Å². The van der Waals surface area contributed by atoms with Crippen LogP contribution in [0.15, 0.2) is 0 Å². The Kier molecular flexibility index (Phi) is 15.4. The summed E-state index contributed by atoms with van der Waals surface area (Å²) in [4.78, 5) is 35.8. The van der Waals surface area contributed by atoms with Crippen LogP contribution in [0.25, 0.3) is 0 Å². The van der Waals surface area contributed by atoms with Crippen molar-refractivity contribution >= 4 is 17.9 Å². The zero-order valence-corrected chi connectivity index (χ0v) is 18.1. The maximum atomic E-state index is 12.3. The van der Waals surface area contributed by atoms with Crippen LogP contribution in [0.1, 0.15) is 84.0 Å². The van der Waals surface area contributed by atoms with Crippen LogP contribution in [0.2, 0.25) is 0 Å². The van der Waals surface area contributed by atoms with Crippen LogP contribution in [0.4, 0.5) is 0 Å². The minimum Gasteiger partial charge on any atom is -0.469 e. The molecular formula is C21H38O7. The fraction of sp³-hybridized carbons (Fsp3) is 0.857. The van der Waals surface area contributed by atoms with Crippen molar-refractivity contribution in [1.82, 2.24) is 0 Å². The van der Waals surface area contributed by atoms with Gasteiger partial charge in [0.25, 0.3) is 0 Å². The number of hydrogen-bond acceptors (Lipinski definition) is 7. The first-order valence-electron chi connectivity index (χ1n) is 10.3. The highest BCUT2D eigenvalue weighted by molar-refractivity contribution is 5.90. The molecule has 0 bridgehead atoms. The smallest absolute Gasteiger partial charge is 0.339 e. The van der Waals surface area contributed by atoms with Crippen LogP contribution in [-0.4, -0.2) is 51.4 Å². The third-order valence-corrected chi connectivity index (χ3v) is 4.75. The Balaban J connectivity index is 4.41. The maximum absolute atomic E-state index is 12.3. The molecule has 0 rings (SSSR count). The summed E-state index contributed by atoms with van der Waals surface area (Å²) in [5, 5.41) is 0. The molecule has 0 aliphatic rings. The van der Waals surface area contributed by atoms with Gasteiger partial charge < -0.3 is 18.9 Å². The van der Waals surface area contributed by atoms with E-state index in [0.29, 0.717) is 0 Å². The van der Waals surface area contributed by atoms with Gasteiger partial charge in [0.05, 0.1) is 34.2 Å². The van der Waals surface area contributed by atoms with Crippen molar-refractivity contribution in [2.24, 2.45) is 0 Å². The average Bonchev–Trinajstić information content (AvgIpc) is 2.70. The van der Waals surface area contributed by atoms with Crippen molar-refractivity contribution in [3.8, 4) is 0 Å². The van der Waals surface area contributed by atoms with Gasteiger partial charge in [-0.05, 0) is 6.42 Å². The van der Waals surface area contributed by atoms with Crippen LogP contribution in [0.3, 0.4) is 0 Å². The van der Waals surface area contributed by atoms with Crippen molar-refractivity contribution < 1.29 is 33.3 Å². The summed E-state index contributed by atoms with van der Waals surface area (Å²) in [6.07, 6.45) is 10.9. The monoisotopic (exact) mass is 402 g/mol. The van der Waals surface area contributed by atoms with Crippen molar-refractivity contribution in [3.05, 3.63) is 0 Å². The fourth-order valence-electron chi connectivity index (χ4n) is 3.02. The normalized spacial score (nSPS) is 11.1. The fourth-order valence-corrected chi connectivity index (χ4v) is 3.02. The molecule has 0 unspecified atom stereocenters. The molecule has 0 aromatic rings. The van der Waals surface area contributed by atoms with Gasteiger partial charge >= 0.3 is 17.9 Å². The highest BCUT2D eigenvalue weighted by Gasteiger charge is 2.45. The van der Waals surface area contributed by atoms with E-state index in [2.05, 4.69) is 16.4 Å². The second-order valence-corrected chi connectivity index (χ2v) is 7.02. The van der Waals surface area contributed by atoms with Crippen molar-refractivity contribution in [3.63, 3.8) is 0 Å². The largest absolute Gasteiger partial charge is 0.469 e. The summed E-state index contributed by atoms with van der Waals surface area (Å²) in [7, 11) is 3.62. The highest BCUT2D eigenvalue weighted by Crippen LogP contribution is 2.25. The zero-order chi connectivity index (χ0) is 21.3. The number of rotatable bonds is 17. The molecule has 0 saturated carbocycles. The molecule has 0 aromatic carbocycles. The van der Waals surface area contributed by atoms with Gasteiger partial charge in [-0.3, -0.25) is 9.59 Å². The zero-order valence-electron chi connectivity index (χ0n) is 18.1. The number of carbonyl (C=O) groups excluding carboxylic acids is 3. The second kappa shape index (κ2) is 16.3. The van der Waals surface area contributed by atoms with Crippen LogP contribution in [-0.2, 0) is 33.3 Å². The summed E-state index contributed by atoms with van der Waals surface area (Å²) in [5.41, 5.74) is -1.71.